The average molecular weight is 306 g/mol. The molecule has 2 aliphatic rings. The highest BCUT2D eigenvalue weighted by Crippen LogP contribution is 2.45. The lowest BCUT2D eigenvalue weighted by Gasteiger charge is -2.43. The van der Waals surface area contributed by atoms with E-state index in [9.17, 15) is 13.6 Å². The fraction of sp³-hybridized carbons (Fsp3) is 0.667. The van der Waals surface area contributed by atoms with Crippen molar-refractivity contribution >= 4 is 17.5 Å². The summed E-state index contributed by atoms with van der Waals surface area (Å²) in [5.74, 6) is -2.28. The number of morpholine rings is 1. The second-order valence-electron chi connectivity index (χ2n) is 5.26. The maximum absolute atomic E-state index is 12.9. The van der Waals surface area contributed by atoms with Gasteiger partial charge in [0.1, 0.15) is 5.02 Å². The Morgan fingerprint density at radius 1 is 1.50 bits per heavy atom. The summed E-state index contributed by atoms with van der Waals surface area (Å²) in [5, 5.41) is 0.0252. The maximum Gasteiger partial charge on any atom is 0.271 e. The van der Waals surface area contributed by atoms with Crippen LogP contribution in [0.3, 0.4) is 0 Å². The van der Waals surface area contributed by atoms with Gasteiger partial charge in [-0.15, -0.1) is 0 Å². The van der Waals surface area contributed by atoms with Gasteiger partial charge in [-0.3, -0.25) is 9.78 Å². The number of ether oxygens (including phenoxy) is 1. The van der Waals surface area contributed by atoms with Gasteiger partial charge in [-0.1, -0.05) is 11.6 Å². The third-order valence-corrected chi connectivity index (χ3v) is 4.05. The van der Waals surface area contributed by atoms with Crippen LogP contribution in [0.2, 0.25) is 5.02 Å². The number of rotatable bonds is 2. The Kier molecular flexibility index (Phi) is 3.41. The van der Waals surface area contributed by atoms with Gasteiger partial charge >= 0.3 is 0 Å². The topological polar surface area (TPSA) is 58.2 Å². The number of aromatic amines is 1. The molecule has 0 amide bonds. The number of anilines is 1. The van der Waals surface area contributed by atoms with E-state index in [1.165, 1.54) is 6.20 Å². The van der Waals surface area contributed by atoms with E-state index in [-0.39, 0.29) is 29.9 Å². The van der Waals surface area contributed by atoms with Gasteiger partial charge in [0, 0.05) is 25.9 Å². The third-order valence-electron chi connectivity index (χ3n) is 3.78. The minimum atomic E-state index is -2.55. The third kappa shape index (κ3) is 2.64. The van der Waals surface area contributed by atoms with E-state index in [4.69, 9.17) is 16.3 Å². The largest absolute Gasteiger partial charge is 0.374 e. The van der Waals surface area contributed by atoms with Crippen LogP contribution in [-0.4, -0.2) is 41.7 Å². The number of H-pyrrole nitrogens is 1. The molecule has 2 fully saturated rings. The molecular weight excluding hydrogens is 292 g/mol. The van der Waals surface area contributed by atoms with Crippen molar-refractivity contribution in [2.75, 3.05) is 24.6 Å². The SMILES string of the molecule is O=c1[nH]c(N2CCOC(C3CC(F)(F)C3)C2)ncc1Cl. The summed E-state index contributed by atoms with van der Waals surface area (Å²) in [7, 11) is 0. The summed E-state index contributed by atoms with van der Waals surface area (Å²) in [6.45, 7) is 1.44. The van der Waals surface area contributed by atoms with Crippen molar-refractivity contribution in [2.45, 2.75) is 24.9 Å². The van der Waals surface area contributed by atoms with Crippen LogP contribution in [-0.2, 0) is 4.74 Å². The molecule has 20 heavy (non-hydrogen) atoms. The summed E-state index contributed by atoms with van der Waals surface area (Å²) in [5.41, 5.74) is -0.408. The molecule has 0 aromatic carbocycles. The highest BCUT2D eigenvalue weighted by Gasteiger charge is 2.49. The molecule has 1 aromatic rings. The summed E-state index contributed by atoms with van der Waals surface area (Å²) >= 11 is 5.63. The lowest BCUT2D eigenvalue weighted by atomic mass is 9.77. The number of halogens is 3. The molecule has 0 spiro atoms. The lowest BCUT2D eigenvalue weighted by Crippen LogP contribution is -2.52. The van der Waals surface area contributed by atoms with Crippen LogP contribution in [0.15, 0.2) is 11.0 Å². The van der Waals surface area contributed by atoms with E-state index < -0.39 is 11.5 Å². The number of hydrogen-bond acceptors (Lipinski definition) is 4. The van der Waals surface area contributed by atoms with Gasteiger partial charge in [-0.2, -0.15) is 0 Å². The monoisotopic (exact) mass is 305 g/mol. The zero-order chi connectivity index (χ0) is 14.3. The Bertz CT molecular complexity index is 558. The molecule has 1 atom stereocenters. The predicted molar refractivity (Wildman–Crippen MR) is 69.5 cm³/mol. The summed E-state index contributed by atoms with van der Waals surface area (Å²) in [4.78, 5) is 19.9. The molecule has 8 heteroatoms. The second-order valence-corrected chi connectivity index (χ2v) is 5.67. The van der Waals surface area contributed by atoms with Crippen LogP contribution in [0.25, 0.3) is 0 Å². The fourth-order valence-corrected chi connectivity index (χ4v) is 2.75. The first-order chi connectivity index (χ1) is 9.44. The van der Waals surface area contributed by atoms with Gasteiger partial charge in [0.15, 0.2) is 0 Å². The Labute approximate surface area is 118 Å². The van der Waals surface area contributed by atoms with Gasteiger partial charge in [0.05, 0.1) is 18.9 Å². The highest BCUT2D eigenvalue weighted by molar-refractivity contribution is 6.30. The maximum atomic E-state index is 12.9. The van der Waals surface area contributed by atoms with Crippen LogP contribution in [0, 0.1) is 5.92 Å². The van der Waals surface area contributed by atoms with Crippen molar-refractivity contribution in [1.29, 1.82) is 0 Å². The highest BCUT2D eigenvalue weighted by atomic mass is 35.5. The number of aromatic nitrogens is 2. The summed E-state index contributed by atoms with van der Waals surface area (Å²) in [6, 6.07) is 0. The van der Waals surface area contributed by atoms with Crippen molar-refractivity contribution in [3.63, 3.8) is 0 Å². The quantitative estimate of drug-likeness (QED) is 0.903. The smallest absolute Gasteiger partial charge is 0.271 e. The van der Waals surface area contributed by atoms with Crippen molar-refractivity contribution in [3.05, 3.63) is 21.6 Å². The van der Waals surface area contributed by atoms with E-state index >= 15 is 0 Å². The number of alkyl halides is 2. The van der Waals surface area contributed by atoms with E-state index in [1.807, 2.05) is 4.90 Å². The van der Waals surface area contributed by atoms with Crippen molar-refractivity contribution in [2.24, 2.45) is 5.92 Å². The fourth-order valence-electron chi connectivity index (χ4n) is 2.65. The summed E-state index contributed by atoms with van der Waals surface area (Å²) in [6.07, 6.45) is 0.786. The van der Waals surface area contributed by atoms with Gasteiger partial charge in [0.25, 0.3) is 5.56 Å². The molecule has 1 unspecified atom stereocenters. The van der Waals surface area contributed by atoms with Crippen molar-refractivity contribution < 1.29 is 13.5 Å². The molecule has 1 saturated heterocycles. The number of nitrogens with zero attached hydrogens (tertiary/aromatic N) is 2. The molecule has 1 aliphatic heterocycles. The minimum absolute atomic E-state index is 0.0252. The Balaban J connectivity index is 1.69. The Hall–Kier alpha value is -1.21. The lowest BCUT2D eigenvalue weighted by molar-refractivity contribution is -0.154. The number of nitrogens with one attached hydrogen (secondary N) is 1. The van der Waals surface area contributed by atoms with Gasteiger partial charge in [-0.05, 0) is 5.92 Å². The molecule has 5 nitrogen and oxygen atoms in total. The van der Waals surface area contributed by atoms with Gasteiger partial charge < -0.3 is 9.64 Å². The van der Waals surface area contributed by atoms with E-state index in [1.54, 1.807) is 0 Å². The Morgan fingerprint density at radius 3 is 2.90 bits per heavy atom. The van der Waals surface area contributed by atoms with Crippen LogP contribution in [0.5, 0.6) is 0 Å². The van der Waals surface area contributed by atoms with Gasteiger partial charge in [-0.25, -0.2) is 13.8 Å². The zero-order valence-corrected chi connectivity index (χ0v) is 11.4. The summed E-state index contributed by atoms with van der Waals surface area (Å²) < 4.78 is 31.4. The first kappa shape index (κ1) is 13.8. The predicted octanol–water partition coefficient (Wildman–Crippen LogP) is 1.67. The average Bonchev–Trinajstić information content (AvgIpc) is 2.39. The molecule has 0 bridgehead atoms. The zero-order valence-electron chi connectivity index (χ0n) is 10.6. The molecule has 0 radical (unpaired) electrons. The van der Waals surface area contributed by atoms with E-state index in [0.717, 1.165) is 0 Å². The molecule has 1 aromatic heterocycles. The van der Waals surface area contributed by atoms with Crippen LogP contribution in [0.1, 0.15) is 12.8 Å². The first-order valence-corrected chi connectivity index (χ1v) is 6.82. The normalized spacial score (nSPS) is 26.4. The van der Waals surface area contributed by atoms with Crippen LogP contribution >= 0.6 is 11.6 Å². The van der Waals surface area contributed by atoms with Crippen molar-refractivity contribution in [1.82, 2.24) is 9.97 Å². The van der Waals surface area contributed by atoms with Gasteiger partial charge in [0.2, 0.25) is 11.9 Å². The number of hydrogen-bond donors (Lipinski definition) is 1. The minimum Gasteiger partial charge on any atom is -0.374 e. The first-order valence-electron chi connectivity index (χ1n) is 6.44. The van der Waals surface area contributed by atoms with E-state index in [0.29, 0.717) is 25.6 Å². The van der Waals surface area contributed by atoms with Crippen molar-refractivity contribution in [3.8, 4) is 0 Å². The second kappa shape index (κ2) is 4.96. The van der Waals surface area contributed by atoms with Crippen LogP contribution < -0.4 is 10.5 Å². The molecular formula is C12H14ClF2N3O2. The molecule has 3 rings (SSSR count). The molecule has 1 N–H and O–H groups in total. The molecule has 1 saturated carbocycles. The molecule has 2 heterocycles. The van der Waals surface area contributed by atoms with Crippen LogP contribution in [0.4, 0.5) is 14.7 Å². The van der Waals surface area contributed by atoms with E-state index in [2.05, 4.69) is 9.97 Å². The Morgan fingerprint density at radius 2 is 2.25 bits per heavy atom. The molecule has 1 aliphatic carbocycles. The standard InChI is InChI=1S/C12H14ClF2N3O2/c13-8-5-16-11(17-10(8)19)18-1-2-20-9(6-18)7-3-12(14,15)4-7/h5,7,9H,1-4,6H2,(H,16,17,19). The molecule has 110 valence electrons.